The number of halogens is 1. The second kappa shape index (κ2) is 8.83. The molecule has 0 aliphatic rings. The normalized spacial score (nSPS) is 11.7. The Morgan fingerprint density at radius 3 is 2.50 bits per heavy atom. The SMILES string of the molecule is CCc1nnc(NC(=O)CNC(=O)[C@@H](N)C(C)C)s1.Cl. The quantitative estimate of drug-likeness (QED) is 0.709. The number of carbonyl (C=O) groups is 2. The molecule has 20 heavy (non-hydrogen) atoms. The van der Waals surface area contributed by atoms with Crippen LogP contribution in [0.4, 0.5) is 5.13 Å². The fourth-order valence-electron chi connectivity index (χ4n) is 1.20. The number of nitrogens with two attached hydrogens (primary N) is 1. The van der Waals surface area contributed by atoms with E-state index in [1.54, 1.807) is 0 Å². The lowest BCUT2D eigenvalue weighted by atomic mass is 10.1. The van der Waals surface area contributed by atoms with Crippen LogP contribution in [0.5, 0.6) is 0 Å². The lowest BCUT2D eigenvalue weighted by Crippen LogP contribution is -2.46. The fraction of sp³-hybridized carbons (Fsp3) is 0.636. The molecule has 0 saturated heterocycles. The summed E-state index contributed by atoms with van der Waals surface area (Å²) in [4.78, 5) is 23.1. The van der Waals surface area contributed by atoms with E-state index in [0.717, 1.165) is 11.4 Å². The van der Waals surface area contributed by atoms with Gasteiger partial charge in [0.25, 0.3) is 0 Å². The molecule has 0 spiro atoms. The zero-order valence-electron chi connectivity index (χ0n) is 11.7. The summed E-state index contributed by atoms with van der Waals surface area (Å²) in [5.74, 6) is -0.655. The summed E-state index contributed by atoms with van der Waals surface area (Å²) in [7, 11) is 0. The van der Waals surface area contributed by atoms with Crippen LogP contribution < -0.4 is 16.4 Å². The van der Waals surface area contributed by atoms with E-state index in [1.165, 1.54) is 11.3 Å². The molecule has 1 aromatic heterocycles. The summed E-state index contributed by atoms with van der Waals surface area (Å²) in [5.41, 5.74) is 5.66. The number of aryl methyl sites for hydroxylation is 1. The maximum atomic E-state index is 11.6. The van der Waals surface area contributed by atoms with Crippen molar-refractivity contribution < 1.29 is 9.59 Å². The van der Waals surface area contributed by atoms with Crippen molar-refractivity contribution in [3.8, 4) is 0 Å². The molecule has 0 aliphatic carbocycles. The summed E-state index contributed by atoms with van der Waals surface area (Å²) in [5, 5.41) is 14.0. The van der Waals surface area contributed by atoms with Gasteiger partial charge in [0, 0.05) is 0 Å². The topological polar surface area (TPSA) is 110 Å². The molecule has 1 rings (SSSR count). The highest BCUT2D eigenvalue weighted by Gasteiger charge is 2.17. The largest absolute Gasteiger partial charge is 0.346 e. The predicted molar refractivity (Wildman–Crippen MR) is 81.0 cm³/mol. The maximum absolute atomic E-state index is 11.6. The summed E-state index contributed by atoms with van der Waals surface area (Å²) in [6.07, 6.45) is 0.771. The first-order valence-corrected chi connectivity index (χ1v) is 6.91. The molecule has 0 fully saturated rings. The molecule has 4 N–H and O–H groups in total. The Kier molecular flexibility index (Phi) is 8.28. The lowest BCUT2D eigenvalue weighted by Gasteiger charge is -2.14. The van der Waals surface area contributed by atoms with Crippen molar-refractivity contribution >= 4 is 40.7 Å². The van der Waals surface area contributed by atoms with Crippen molar-refractivity contribution in [3.05, 3.63) is 5.01 Å². The van der Waals surface area contributed by atoms with Gasteiger partial charge in [-0.1, -0.05) is 32.1 Å². The molecule has 114 valence electrons. The van der Waals surface area contributed by atoms with Gasteiger partial charge in [-0.2, -0.15) is 0 Å². The van der Waals surface area contributed by atoms with Gasteiger partial charge >= 0.3 is 0 Å². The number of rotatable bonds is 6. The maximum Gasteiger partial charge on any atom is 0.245 e. The van der Waals surface area contributed by atoms with Crippen LogP contribution in [0.15, 0.2) is 0 Å². The van der Waals surface area contributed by atoms with E-state index in [2.05, 4.69) is 20.8 Å². The van der Waals surface area contributed by atoms with Gasteiger partial charge in [-0.3, -0.25) is 14.9 Å². The zero-order valence-corrected chi connectivity index (χ0v) is 13.3. The highest BCUT2D eigenvalue weighted by molar-refractivity contribution is 7.15. The Morgan fingerprint density at radius 2 is 2.00 bits per heavy atom. The molecule has 0 aliphatic heterocycles. The minimum absolute atomic E-state index is 0. The summed E-state index contributed by atoms with van der Waals surface area (Å²) in [6, 6.07) is -0.610. The lowest BCUT2D eigenvalue weighted by molar-refractivity contribution is -0.125. The molecule has 2 amide bonds. The first-order chi connectivity index (χ1) is 8.93. The second-order valence-corrected chi connectivity index (χ2v) is 5.45. The smallest absolute Gasteiger partial charge is 0.245 e. The van der Waals surface area contributed by atoms with Crippen LogP contribution in [0, 0.1) is 5.92 Å². The van der Waals surface area contributed by atoms with Crippen molar-refractivity contribution in [1.82, 2.24) is 15.5 Å². The summed E-state index contributed by atoms with van der Waals surface area (Å²) < 4.78 is 0. The molecule has 1 heterocycles. The van der Waals surface area contributed by atoms with E-state index in [1.807, 2.05) is 20.8 Å². The number of amides is 2. The predicted octanol–water partition coefficient (Wildman–Crippen LogP) is 0.560. The average Bonchev–Trinajstić information content (AvgIpc) is 2.82. The molecular formula is C11H20ClN5O2S. The van der Waals surface area contributed by atoms with E-state index in [0.29, 0.717) is 5.13 Å². The fourth-order valence-corrected chi connectivity index (χ4v) is 1.89. The van der Waals surface area contributed by atoms with E-state index in [-0.39, 0.29) is 36.7 Å². The molecule has 0 radical (unpaired) electrons. The van der Waals surface area contributed by atoms with Crippen molar-refractivity contribution in [2.24, 2.45) is 11.7 Å². The minimum Gasteiger partial charge on any atom is -0.346 e. The molecule has 0 unspecified atom stereocenters. The Hall–Kier alpha value is -1.25. The van der Waals surface area contributed by atoms with Gasteiger partial charge in [-0.15, -0.1) is 22.6 Å². The zero-order chi connectivity index (χ0) is 14.4. The number of hydrogen-bond donors (Lipinski definition) is 3. The highest BCUT2D eigenvalue weighted by Crippen LogP contribution is 2.14. The van der Waals surface area contributed by atoms with Gasteiger partial charge in [0.1, 0.15) is 5.01 Å². The summed E-state index contributed by atoms with van der Waals surface area (Å²) in [6.45, 7) is 5.52. The van der Waals surface area contributed by atoms with Crippen molar-refractivity contribution in [2.75, 3.05) is 11.9 Å². The third-order valence-electron chi connectivity index (χ3n) is 2.46. The van der Waals surface area contributed by atoms with Gasteiger partial charge in [-0.25, -0.2) is 0 Å². The van der Waals surface area contributed by atoms with Crippen LogP contribution >= 0.6 is 23.7 Å². The van der Waals surface area contributed by atoms with Gasteiger partial charge < -0.3 is 11.1 Å². The number of hydrogen-bond acceptors (Lipinski definition) is 6. The van der Waals surface area contributed by atoms with Crippen LogP contribution in [0.2, 0.25) is 0 Å². The molecule has 1 atom stereocenters. The molecule has 1 aromatic rings. The molecule has 0 aromatic carbocycles. The Bertz CT molecular complexity index is 452. The second-order valence-electron chi connectivity index (χ2n) is 4.39. The minimum atomic E-state index is -0.610. The number of aromatic nitrogens is 2. The molecule has 7 nitrogen and oxygen atoms in total. The van der Waals surface area contributed by atoms with Gasteiger partial charge in [0.05, 0.1) is 12.6 Å². The van der Waals surface area contributed by atoms with Gasteiger partial charge in [0.2, 0.25) is 16.9 Å². The third-order valence-corrected chi connectivity index (χ3v) is 3.44. The van der Waals surface area contributed by atoms with E-state index < -0.39 is 6.04 Å². The number of carbonyl (C=O) groups excluding carboxylic acids is 2. The molecular weight excluding hydrogens is 302 g/mol. The summed E-state index contributed by atoms with van der Waals surface area (Å²) >= 11 is 1.32. The Balaban J connectivity index is 0.00000361. The Morgan fingerprint density at radius 1 is 1.35 bits per heavy atom. The van der Waals surface area contributed by atoms with Gasteiger partial charge in [0.15, 0.2) is 0 Å². The van der Waals surface area contributed by atoms with Crippen molar-refractivity contribution in [2.45, 2.75) is 33.2 Å². The van der Waals surface area contributed by atoms with Crippen LogP contribution in [-0.4, -0.2) is 34.6 Å². The standard InChI is InChI=1S/C11H19N5O2S.ClH/c1-4-8-15-16-11(19-8)14-7(17)5-13-10(18)9(12)6(2)3;/h6,9H,4-5,12H2,1-3H3,(H,13,18)(H,14,16,17);1H/t9-;/m0./s1. The first-order valence-electron chi connectivity index (χ1n) is 6.09. The Labute approximate surface area is 128 Å². The molecule has 9 heteroatoms. The van der Waals surface area contributed by atoms with E-state index in [4.69, 9.17) is 5.73 Å². The average molecular weight is 322 g/mol. The van der Waals surface area contributed by atoms with E-state index in [9.17, 15) is 9.59 Å². The monoisotopic (exact) mass is 321 g/mol. The number of nitrogens with one attached hydrogen (secondary N) is 2. The van der Waals surface area contributed by atoms with Crippen molar-refractivity contribution in [3.63, 3.8) is 0 Å². The first kappa shape index (κ1) is 18.8. The van der Waals surface area contributed by atoms with Gasteiger partial charge in [-0.05, 0) is 12.3 Å². The van der Waals surface area contributed by atoms with E-state index >= 15 is 0 Å². The number of anilines is 1. The number of nitrogens with zero attached hydrogens (tertiary/aromatic N) is 2. The molecule has 0 saturated carbocycles. The van der Waals surface area contributed by atoms with Crippen LogP contribution in [0.3, 0.4) is 0 Å². The highest BCUT2D eigenvalue weighted by atomic mass is 35.5. The van der Waals surface area contributed by atoms with Crippen LogP contribution in [0.1, 0.15) is 25.8 Å². The van der Waals surface area contributed by atoms with Crippen molar-refractivity contribution in [1.29, 1.82) is 0 Å². The van der Waals surface area contributed by atoms with Crippen LogP contribution in [-0.2, 0) is 16.0 Å². The molecule has 0 bridgehead atoms. The third kappa shape index (κ3) is 5.81. The van der Waals surface area contributed by atoms with Crippen LogP contribution in [0.25, 0.3) is 0 Å².